The maximum Gasteiger partial charge on any atom is 0.410 e. The lowest BCUT2D eigenvalue weighted by molar-refractivity contribution is -0.143. The van der Waals surface area contributed by atoms with E-state index in [1.165, 1.54) is 0 Å². The molecule has 2 heterocycles. The van der Waals surface area contributed by atoms with Crippen molar-refractivity contribution in [3.8, 4) is 0 Å². The molecular formula is C25H38ClN3O4. The lowest BCUT2D eigenvalue weighted by atomic mass is 9.81. The van der Waals surface area contributed by atoms with Crippen LogP contribution >= 0.6 is 11.6 Å². The van der Waals surface area contributed by atoms with E-state index in [0.29, 0.717) is 31.1 Å². The fraction of sp³-hybridized carbons (Fsp3) is 0.680. The molecule has 33 heavy (non-hydrogen) atoms. The largest absolute Gasteiger partial charge is 0.444 e. The van der Waals surface area contributed by atoms with Crippen molar-refractivity contribution in [3.63, 3.8) is 0 Å². The summed E-state index contributed by atoms with van der Waals surface area (Å²) in [5.41, 5.74) is -0.570. The number of carbonyl (C=O) groups excluding carboxylic acids is 2. The Kier molecular flexibility index (Phi) is 7.37. The lowest BCUT2D eigenvalue weighted by Gasteiger charge is -2.49. The number of carbonyl (C=O) groups is 2. The Morgan fingerprint density at radius 2 is 1.88 bits per heavy atom. The van der Waals surface area contributed by atoms with Gasteiger partial charge in [0, 0.05) is 25.2 Å². The number of nitrogens with zero attached hydrogens (tertiary/aromatic N) is 3. The molecule has 0 saturated carbocycles. The maximum atomic E-state index is 13.7. The van der Waals surface area contributed by atoms with Crippen LogP contribution in [0.4, 0.5) is 4.79 Å². The van der Waals surface area contributed by atoms with Crippen LogP contribution in [0.3, 0.4) is 0 Å². The average molecular weight is 480 g/mol. The van der Waals surface area contributed by atoms with Gasteiger partial charge < -0.3 is 19.3 Å². The van der Waals surface area contributed by atoms with Gasteiger partial charge in [-0.15, -0.1) is 0 Å². The standard InChI is InChI=1S/C25H38ClN3O4/c1-23(2,3)33-22(31)29-14-8-13-25(17-29,15-18-9-11-19(26)12-10-18)28(7)21(30)20-16-32-24(4,5)27(20)6/h9-12,20H,8,13-17H2,1-7H3/t20-,25+/m0/s1. The van der Waals surface area contributed by atoms with Gasteiger partial charge in [0.15, 0.2) is 0 Å². The first kappa shape index (κ1) is 25.8. The molecule has 2 atom stereocenters. The molecule has 0 aromatic heterocycles. The van der Waals surface area contributed by atoms with Crippen LogP contribution in [0.25, 0.3) is 0 Å². The minimum Gasteiger partial charge on any atom is -0.444 e. The molecule has 3 rings (SSSR count). The molecule has 2 amide bonds. The van der Waals surface area contributed by atoms with Gasteiger partial charge in [0.05, 0.1) is 12.1 Å². The molecular weight excluding hydrogens is 442 g/mol. The third-order valence-corrected chi connectivity index (χ3v) is 7.14. The van der Waals surface area contributed by atoms with Gasteiger partial charge in [-0.1, -0.05) is 23.7 Å². The monoisotopic (exact) mass is 479 g/mol. The van der Waals surface area contributed by atoms with E-state index < -0.39 is 16.9 Å². The van der Waals surface area contributed by atoms with E-state index >= 15 is 0 Å². The topological polar surface area (TPSA) is 62.3 Å². The zero-order valence-electron chi connectivity index (χ0n) is 21.0. The number of piperidine rings is 1. The molecule has 0 N–H and O–H groups in total. The van der Waals surface area contributed by atoms with Crippen molar-refractivity contribution >= 4 is 23.6 Å². The molecule has 2 aliphatic rings. The summed E-state index contributed by atoms with van der Waals surface area (Å²) < 4.78 is 11.5. The first-order valence-electron chi connectivity index (χ1n) is 11.6. The van der Waals surface area contributed by atoms with Gasteiger partial charge in [-0.25, -0.2) is 4.79 Å². The molecule has 1 aromatic rings. The van der Waals surface area contributed by atoms with Crippen LogP contribution < -0.4 is 0 Å². The first-order valence-corrected chi connectivity index (χ1v) is 12.0. The molecule has 1 aromatic carbocycles. The van der Waals surface area contributed by atoms with E-state index in [-0.39, 0.29) is 18.0 Å². The number of ether oxygens (including phenoxy) is 2. The number of halogens is 1. The normalized spacial score (nSPS) is 25.7. The van der Waals surface area contributed by atoms with Crippen molar-refractivity contribution < 1.29 is 19.1 Å². The lowest BCUT2D eigenvalue weighted by Crippen LogP contribution is -2.64. The quantitative estimate of drug-likeness (QED) is 0.648. The third-order valence-electron chi connectivity index (χ3n) is 6.89. The van der Waals surface area contributed by atoms with Crippen LogP contribution in [0, 0.1) is 0 Å². The van der Waals surface area contributed by atoms with Gasteiger partial charge in [0.2, 0.25) is 5.91 Å². The van der Waals surface area contributed by atoms with Crippen LogP contribution in [0.5, 0.6) is 0 Å². The molecule has 184 valence electrons. The Hall–Kier alpha value is -1.83. The minimum absolute atomic E-state index is 0.00285. The molecule has 0 bridgehead atoms. The zero-order valence-corrected chi connectivity index (χ0v) is 21.7. The van der Waals surface area contributed by atoms with E-state index in [1.54, 1.807) is 4.90 Å². The van der Waals surface area contributed by atoms with Crippen LogP contribution in [0.1, 0.15) is 53.0 Å². The van der Waals surface area contributed by atoms with Gasteiger partial charge >= 0.3 is 6.09 Å². The van der Waals surface area contributed by atoms with Crippen molar-refractivity contribution in [2.45, 2.75) is 76.8 Å². The Bertz CT molecular complexity index is 867. The van der Waals surface area contributed by atoms with E-state index in [9.17, 15) is 9.59 Å². The van der Waals surface area contributed by atoms with Crippen LogP contribution in [0.15, 0.2) is 24.3 Å². The Balaban J connectivity index is 1.90. The molecule has 0 aliphatic carbocycles. The van der Waals surface area contributed by atoms with E-state index in [0.717, 1.165) is 18.4 Å². The zero-order chi connectivity index (χ0) is 24.6. The van der Waals surface area contributed by atoms with Crippen LogP contribution in [-0.2, 0) is 20.7 Å². The Morgan fingerprint density at radius 3 is 2.42 bits per heavy atom. The fourth-order valence-electron chi connectivity index (χ4n) is 4.68. The van der Waals surface area contributed by atoms with Crippen molar-refractivity contribution in [1.82, 2.24) is 14.7 Å². The second-order valence-corrected chi connectivity index (χ2v) is 11.3. The van der Waals surface area contributed by atoms with E-state index in [1.807, 2.05) is 82.8 Å². The molecule has 7 nitrogen and oxygen atoms in total. The SMILES string of the molecule is CN1[C@H](C(=O)N(C)[C@@]2(Cc3ccc(Cl)cc3)CCCN(C(=O)OC(C)(C)C)C2)COC1(C)C. The maximum absolute atomic E-state index is 13.7. The molecule has 2 saturated heterocycles. The highest BCUT2D eigenvalue weighted by Gasteiger charge is 2.48. The molecule has 0 radical (unpaired) electrons. The average Bonchev–Trinajstić information content (AvgIpc) is 3.00. The number of likely N-dealkylation sites (tertiary alicyclic amines) is 1. The van der Waals surface area contributed by atoms with E-state index in [4.69, 9.17) is 21.1 Å². The second-order valence-electron chi connectivity index (χ2n) is 10.8. The highest BCUT2D eigenvalue weighted by Crippen LogP contribution is 2.34. The number of amides is 2. The molecule has 2 fully saturated rings. The highest BCUT2D eigenvalue weighted by atomic mass is 35.5. The summed E-state index contributed by atoms with van der Waals surface area (Å²) in [5, 5.41) is 0.670. The summed E-state index contributed by atoms with van der Waals surface area (Å²) in [5.74, 6) is 0.00285. The fourth-order valence-corrected chi connectivity index (χ4v) is 4.81. The molecule has 8 heteroatoms. The van der Waals surface area contributed by atoms with Crippen molar-refractivity contribution in [2.24, 2.45) is 0 Å². The summed E-state index contributed by atoms with van der Waals surface area (Å²) >= 11 is 6.10. The molecule has 2 aliphatic heterocycles. The first-order chi connectivity index (χ1) is 15.2. The van der Waals surface area contributed by atoms with Gasteiger partial charge in [0.25, 0.3) is 0 Å². The summed E-state index contributed by atoms with van der Waals surface area (Å²) in [4.78, 5) is 32.3. The van der Waals surface area contributed by atoms with Crippen molar-refractivity contribution in [3.05, 3.63) is 34.9 Å². The number of hydrogen-bond donors (Lipinski definition) is 0. The summed E-state index contributed by atoms with van der Waals surface area (Å²) in [6.45, 7) is 10.9. The number of likely N-dealkylation sites (N-methyl/N-ethyl adjacent to an activating group) is 2. The van der Waals surface area contributed by atoms with Gasteiger partial charge in [-0.3, -0.25) is 9.69 Å². The molecule has 0 unspecified atom stereocenters. The summed E-state index contributed by atoms with van der Waals surface area (Å²) in [6.07, 6.45) is 1.85. The van der Waals surface area contributed by atoms with Gasteiger partial charge in [0.1, 0.15) is 17.4 Å². The predicted molar refractivity (Wildman–Crippen MR) is 129 cm³/mol. The highest BCUT2D eigenvalue weighted by molar-refractivity contribution is 6.30. The Labute approximate surface area is 202 Å². The third kappa shape index (κ3) is 5.81. The minimum atomic E-state index is -0.579. The second kappa shape index (κ2) is 9.43. The van der Waals surface area contributed by atoms with E-state index in [2.05, 4.69) is 0 Å². The summed E-state index contributed by atoms with van der Waals surface area (Å²) in [7, 11) is 3.78. The van der Waals surface area contributed by atoms with Gasteiger partial charge in [-0.2, -0.15) is 0 Å². The number of hydrogen-bond acceptors (Lipinski definition) is 5. The summed E-state index contributed by atoms with van der Waals surface area (Å²) in [6, 6.07) is 7.33. The van der Waals surface area contributed by atoms with Gasteiger partial charge in [-0.05, 0) is 78.6 Å². The van der Waals surface area contributed by atoms with Crippen molar-refractivity contribution in [1.29, 1.82) is 0 Å². The number of benzene rings is 1. The molecule has 0 spiro atoms. The van der Waals surface area contributed by atoms with Crippen LogP contribution in [-0.4, -0.2) is 83.4 Å². The Morgan fingerprint density at radius 1 is 1.24 bits per heavy atom. The van der Waals surface area contributed by atoms with Crippen LogP contribution in [0.2, 0.25) is 5.02 Å². The number of rotatable bonds is 4. The predicted octanol–water partition coefficient (Wildman–Crippen LogP) is 4.18. The smallest absolute Gasteiger partial charge is 0.410 e. The van der Waals surface area contributed by atoms with Crippen molar-refractivity contribution in [2.75, 3.05) is 33.8 Å².